The zero-order valence-electron chi connectivity index (χ0n) is 10.4. The van der Waals surface area contributed by atoms with Gasteiger partial charge in [0.1, 0.15) is 11.9 Å². The average Bonchev–Trinajstić information content (AvgIpc) is 2.75. The number of rotatable bonds is 2. The number of ether oxygens (including phenoxy) is 1. The molecule has 3 heteroatoms. The summed E-state index contributed by atoms with van der Waals surface area (Å²) in [4.78, 5) is 2.32. The monoisotopic (exact) mass is 232 g/mol. The highest BCUT2D eigenvalue weighted by molar-refractivity contribution is 5.37. The van der Waals surface area contributed by atoms with Gasteiger partial charge < -0.3 is 15.0 Å². The first kappa shape index (κ1) is 11.1. The predicted molar refractivity (Wildman–Crippen MR) is 68.4 cm³/mol. The van der Waals surface area contributed by atoms with Crippen molar-refractivity contribution in [1.82, 2.24) is 10.2 Å². The molecule has 0 aromatic heterocycles. The molecule has 0 saturated carbocycles. The van der Waals surface area contributed by atoms with Gasteiger partial charge in [-0.3, -0.25) is 0 Å². The Hall–Kier alpha value is -1.06. The second-order valence-electron chi connectivity index (χ2n) is 5.15. The van der Waals surface area contributed by atoms with Crippen molar-refractivity contribution in [1.29, 1.82) is 0 Å². The number of nitrogens with zero attached hydrogens (tertiary/aromatic N) is 1. The van der Waals surface area contributed by atoms with Crippen LogP contribution in [0.1, 0.15) is 17.5 Å². The van der Waals surface area contributed by atoms with Crippen LogP contribution in [-0.2, 0) is 13.0 Å². The van der Waals surface area contributed by atoms with Crippen LogP contribution in [0.25, 0.3) is 0 Å². The molecular formula is C14H20N2O. The maximum atomic E-state index is 6.04. The van der Waals surface area contributed by atoms with Crippen LogP contribution in [0.2, 0.25) is 0 Å². The number of fused-ring (bicyclic) bond motifs is 1. The molecule has 0 aliphatic carbocycles. The molecule has 0 spiro atoms. The normalized spacial score (nSPS) is 24.6. The van der Waals surface area contributed by atoms with Gasteiger partial charge in [0.2, 0.25) is 0 Å². The van der Waals surface area contributed by atoms with E-state index < -0.39 is 0 Å². The highest BCUT2D eigenvalue weighted by atomic mass is 16.5. The Morgan fingerprint density at radius 2 is 2.29 bits per heavy atom. The Bertz CT molecular complexity index is 405. The fourth-order valence-corrected chi connectivity index (χ4v) is 2.71. The first-order valence-corrected chi connectivity index (χ1v) is 6.49. The zero-order valence-corrected chi connectivity index (χ0v) is 10.4. The lowest BCUT2D eigenvalue weighted by Crippen LogP contribution is -2.24. The first-order valence-electron chi connectivity index (χ1n) is 6.49. The maximum absolute atomic E-state index is 6.04. The smallest absolute Gasteiger partial charge is 0.120 e. The Morgan fingerprint density at radius 1 is 1.35 bits per heavy atom. The van der Waals surface area contributed by atoms with E-state index >= 15 is 0 Å². The van der Waals surface area contributed by atoms with Gasteiger partial charge in [-0.1, -0.05) is 6.07 Å². The summed E-state index contributed by atoms with van der Waals surface area (Å²) in [5.41, 5.74) is 2.87. The van der Waals surface area contributed by atoms with E-state index in [0.717, 1.165) is 44.8 Å². The van der Waals surface area contributed by atoms with E-state index in [1.165, 1.54) is 11.1 Å². The summed E-state index contributed by atoms with van der Waals surface area (Å²) in [6.07, 6.45) is 2.66. The molecular weight excluding hydrogens is 212 g/mol. The average molecular weight is 232 g/mol. The van der Waals surface area contributed by atoms with Gasteiger partial charge in [0.05, 0.1) is 0 Å². The van der Waals surface area contributed by atoms with Crippen molar-refractivity contribution >= 4 is 0 Å². The lowest BCUT2D eigenvalue weighted by molar-refractivity contribution is 0.208. The van der Waals surface area contributed by atoms with Gasteiger partial charge in [-0.05, 0) is 49.7 Å². The van der Waals surface area contributed by atoms with Gasteiger partial charge in [0.15, 0.2) is 0 Å². The third-order valence-corrected chi connectivity index (χ3v) is 3.72. The highest BCUT2D eigenvalue weighted by Gasteiger charge is 2.21. The number of likely N-dealkylation sites (N-methyl/N-ethyl adjacent to an activating group) is 1. The van der Waals surface area contributed by atoms with Crippen molar-refractivity contribution < 1.29 is 4.74 Å². The fraction of sp³-hybridized carbons (Fsp3) is 0.571. The number of hydrogen-bond donors (Lipinski definition) is 1. The second kappa shape index (κ2) is 4.67. The summed E-state index contributed by atoms with van der Waals surface area (Å²) in [6.45, 7) is 4.28. The number of likely N-dealkylation sites (tertiary alicyclic amines) is 1. The topological polar surface area (TPSA) is 24.5 Å². The summed E-state index contributed by atoms with van der Waals surface area (Å²) >= 11 is 0. The van der Waals surface area contributed by atoms with Gasteiger partial charge >= 0.3 is 0 Å². The van der Waals surface area contributed by atoms with Crippen molar-refractivity contribution in [2.75, 3.05) is 26.7 Å². The van der Waals surface area contributed by atoms with Crippen molar-refractivity contribution in [2.45, 2.75) is 25.5 Å². The summed E-state index contributed by atoms with van der Waals surface area (Å²) in [5.74, 6) is 1.03. The largest absolute Gasteiger partial charge is 0.489 e. The number of benzene rings is 1. The maximum Gasteiger partial charge on any atom is 0.120 e. The predicted octanol–water partition coefficient (Wildman–Crippen LogP) is 1.42. The van der Waals surface area contributed by atoms with Crippen LogP contribution in [-0.4, -0.2) is 37.7 Å². The SMILES string of the molecule is CN1CCC(Oc2ccc3c(c2)CNCC3)C1. The molecule has 3 rings (SSSR count). The van der Waals surface area contributed by atoms with Crippen molar-refractivity contribution in [3.8, 4) is 5.75 Å². The van der Waals surface area contributed by atoms with Gasteiger partial charge in [0.25, 0.3) is 0 Å². The van der Waals surface area contributed by atoms with E-state index in [1.807, 2.05) is 0 Å². The molecule has 1 aromatic rings. The van der Waals surface area contributed by atoms with E-state index in [1.54, 1.807) is 0 Å². The Kier molecular flexibility index (Phi) is 3.04. The molecule has 2 aliphatic rings. The molecule has 3 nitrogen and oxygen atoms in total. The second-order valence-corrected chi connectivity index (χ2v) is 5.15. The lowest BCUT2D eigenvalue weighted by atomic mass is 10.0. The molecule has 1 saturated heterocycles. The van der Waals surface area contributed by atoms with E-state index in [4.69, 9.17) is 4.74 Å². The van der Waals surface area contributed by atoms with Crippen LogP contribution < -0.4 is 10.1 Å². The lowest BCUT2D eigenvalue weighted by Gasteiger charge is -2.19. The number of nitrogens with one attached hydrogen (secondary N) is 1. The Morgan fingerprint density at radius 3 is 3.12 bits per heavy atom. The molecule has 0 amide bonds. The van der Waals surface area contributed by atoms with Crippen molar-refractivity contribution in [2.24, 2.45) is 0 Å². The summed E-state index contributed by atoms with van der Waals surface area (Å²) in [5, 5.41) is 3.41. The molecule has 1 atom stereocenters. The summed E-state index contributed by atoms with van der Waals surface area (Å²) in [6, 6.07) is 6.56. The van der Waals surface area contributed by atoms with Crippen molar-refractivity contribution in [3.63, 3.8) is 0 Å². The zero-order chi connectivity index (χ0) is 11.7. The van der Waals surface area contributed by atoms with Crippen LogP contribution in [0.3, 0.4) is 0 Å². The summed E-state index contributed by atoms with van der Waals surface area (Å²) in [7, 11) is 2.15. The Balaban J connectivity index is 1.71. The van der Waals surface area contributed by atoms with E-state index in [9.17, 15) is 0 Å². The van der Waals surface area contributed by atoms with Crippen LogP contribution in [0.5, 0.6) is 5.75 Å². The third-order valence-electron chi connectivity index (χ3n) is 3.72. The minimum absolute atomic E-state index is 0.370. The van der Waals surface area contributed by atoms with Crippen LogP contribution in [0.4, 0.5) is 0 Å². The van der Waals surface area contributed by atoms with Gasteiger partial charge in [0, 0.05) is 19.6 Å². The standard InChI is InChI=1S/C14H20N2O/c1-16-7-5-14(10-16)17-13-3-2-11-4-6-15-9-12(11)8-13/h2-3,8,14-15H,4-7,9-10H2,1H3. The highest BCUT2D eigenvalue weighted by Crippen LogP contribution is 2.23. The number of hydrogen-bond acceptors (Lipinski definition) is 3. The molecule has 1 unspecified atom stereocenters. The molecule has 1 N–H and O–H groups in total. The van der Waals surface area contributed by atoms with Crippen LogP contribution >= 0.6 is 0 Å². The van der Waals surface area contributed by atoms with E-state index in [0.29, 0.717) is 6.10 Å². The van der Waals surface area contributed by atoms with Gasteiger partial charge in [-0.2, -0.15) is 0 Å². The van der Waals surface area contributed by atoms with Gasteiger partial charge in [-0.15, -0.1) is 0 Å². The van der Waals surface area contributed by atoms with Crippen LogP contribution in [0.15, 0.2) is 18.2 Å². The minimum Gasteiger partial charge on any atom is -0.489 e. The minimum atomic E-state index is 0.370. The fourth-order valence-electron chi connectivity index (χ4n) is 2.71. The Labute approximate surface area is 103 Å². The van der Waals surface area contributed by atoms with E-state index in [2.05, 4.69) is 35.5 Å². The van der Waals surface area contributed by atoms with E-state index in [-0.39, 0.29) is 0 Å². The van der Waals surface area contributed by atoms with Crippen LogP contribution in [0, 0.1) is 0 Å². The molecule has 1 fully saturated rings. The molecule has 2 heterocycles. The first-order chi connectivity index (χ1) is 8.31. The molecule has 17 heavy (non-hydrogen) atoms. The molecule has 92 valence electrons. The van der Waals surface area contributed by atoms with Crippen molar-refractivity contribution in [3.05, 3.63) is 29.3 Å². The molecule has 1 aromatic carbocycles. The molecule has 0 radical (unpaired) electrons. The quantitative estimate of drug-likeness (QED) is 0.834. The third kappa shape index (κ3) is 2.45. The molecule has 0 bridgehead atoms. The summed E-state index contributed by atoms with van der Waals surface area (Å²) < 4.78 is 6.04. The van der Waals surface area contributed by atoms with Gasteiger partial charge in [-0.25, -0.2) is 0 Å². The molecule has 2 aliphatic heterocycles.